The minimum atomic E-state index is -1.09. The predicted octanol–water partition coefficient (Wildman–Crippen LogP) is 4.30. The monoisotopic (exact) mass is 616 g/mol. The first-order valence-corrected chi connectivity index (χ1v) is 14.4. The molecule has 1 fully saturated rings. The van der Waals surface area contributed by atoms with Crippen molar-refractivity contribution in [2.45, 2.75) is 18.5 Å². The molecule has 2 aromatic heterocycles. The number of H-pyrrole nitrogens is 1. The van der Waals surface area contributed by atoms with Crippen LogP contribution in [0, 0.1) is 0 Å². The number of rotatable bonds is 9. The third-order valence-corrected chi connectivity index (χ3v) is 7.41. The van der Waals surface area contributed by atoms with Crippen LogP contribution in [0.1, 0.15) is 16.8 Å². The zero-order valence-electron chi connectivity index (χ0n) is 24.3. The Labute approximate surface area is 259 Å². The molecule has 44 heavy (non-hydrogen) atoms. The Morgan fingerprint density at radius 1 is 1.11 bits per heavy atom. The number of carbonyl (C=O) groups excluding carboxylic acids is 2. The molecule has 0 spiro atoms. The summed E-state index contributed by atoms with van der Waals surface area (Å²) in [6.45, 7) is 0.963. The molecule has 3 amide bonds. The van der Waals surface area contributed by atoms with E-state index in [-0.39, 0.29) is 30.9 Å². The van der Waals surface area contributed by atoms with E-state index in [1.165, 1.54) is 17.2 Å². The van der Waals surface area contributed by atoms with Gasteiger partial charge >= 0.3 is 6.09 Å². The molecular weight excluding hydrogens is 584 g/mol. The van der Waals surface area contributed by atoms with Crippen molar-refractivity contribution < 1.29 is 19.5 Å². The Hall–Kier alpha value is -4.94. The number of hydrogen-bond acceptors (Lipinski definition) is 7. The maximum absolute atomic E-state index is 13.1. The number of benzene rings is 2. The summed E-state index contributed by atoms with van der Waals surface area (Å²) in [7, 11) is 3.82. The zero-order chi connectivity index (χ0) is 31.2. The minimum Gasteiger partial charge on any atom is -0.465 e. The van der Waals surface area contributed by atoms with E-state index in [4.69, 9.17) is 11.6 Å². The van der Waals surface area contributed by atoms with Crippen molar-refractivity contribution in [2.75, 3.05) is 44.4 Å². The van der Waals surface area contributed by atoms with E-state index < -0.39 is 12.1 Å². The highest BCUT2D eigenvalue weighted by molar-refractivity contribution is 6.33. The molecule has 1 aliphatic heterocycles. The molecule has 0 saturated carbocycles. The Kier molecular flexibility index (Phi) is 9.41. The van der Waals surface area contributed by atoms with Crippen LogP contribution in [-0.2, 0) is 4.79 Å². The molecule has 2 atom stereocenters. The van der Waals surface area contributed by atoms with Gasteiger partial charge in [0.25, 0.3) is 5.91 Å². The molecule has 0 radical (unpaired) electrons. The third-order valence-electron chi connectivity index (χ3n) is 7.13. The first-order chi connectivity index (χ1) is 21.2. The number of carbonyl (C=O) groups is 3. The van der Waals surface area contributed by atoms with Crippen molar-refractivity contribution in [1.82, 2.24) is 30.1 Å². The van der Waals surface area contributed by atoms with Crippen LogP contribution >= 0.6 is 11.6 Å². The van der Waals surface area contributed by atoms with Gasteiger partial charge < -0.3 is 35.8 Å². The zero-order valence-corrected chi connectivity index (χ0v) is 25.0. The molecule has 3 heterocycles. The van der Waals surface area contributed by atoms with Gasteiger partial charge in [0, 0.05) is 71.7 Å². The smallest absolute Gasteiger partial charge is 0.407 e. The number of nitrogens with one attached hydrogen (secondary N) is 4. The number of fused-ring (bicyclic) bond motifs is 1. The average molecular weight is 617 g/mol. The van der Waals surface area contributed by atoms with Gasteiger partial charge in [0.1, 0.15) is 0 Å². The van der Waals surface area contributed by atoms with E-state index in [1.54, 1.807) is 30.3 Å². The summed E-state index contributed by atoms with van der Waals surface area (Å²) in [5, 5.41) is 20.1. The molecule has 12 nitrogen and oxygen atoms in total. The molecule has 2 aromatic carbocycles. The fourth-order valence-corrected chi connectivity index (χ4v) is 5.26. The number of nitrogens with zero attached hydrogens (tertiary/aromatic N) is 4. The minimum absolute atomic E-state index is 0.134. The quantitative estimate of drug-likeness (QED) is 0.174. The van der Waals surface area contributed by atoms with Gasteiger partial charge in [0.05, 0.1) is 16.9 Å². The van der Waals surface area contributed by atoms with Crippen LogP contribution in [0.25, 0.3) is 22.2 Å². The number of hydrogen-bond donors (Lipinski definition) is 5. The number of para-hydroxylation sites is 1. The summed E-state index contributed by atoms with van der Waals surface area (Å²) in [6, 6.07) is 13.5. The lowest BCUT2D eigenvalue weighted by molar-refractivity contribution is -0.111. The second-order valence-electron chi connectivity index (χ2n) is 10.8. The molecule has 0 bridgehead atoms. The Morgan fingerprint density at radius 2 is 1.86 bits per heavy atom. The van der Waals surface area contributed by atoms with E-state index >= 15 is 0 Å². The summed E-state index contributed by atoms with van der Waals surface area (Å²) in [4.78, 5) is 52.5. The number of amides is 3. The van der Waals surface area contributed by atoms with E-state index in [9.17, 15) is 19.5 Å². The molecule has 1 aliphatic rings. The second kappa shape index (κ2) is 13.6. The topological polar surface area (TPSA) is 156 Å². The predicted molar refractivity (Wildman–Crippen MR) is 170 cm³/mol. The third kappa shape index (κ3) is 7.52. The number of likely N-dealkylation sites (tertiary alicyclic amines) is 1. The van der Waals surface area contributed by atoms with Crippen LogP contribution in [0.15, 0.2) is 73.1 Å². The fourth-order valence-electron chi connectivity index (χ4n) is 5.07. The van der Waals surface area contributed by atoms with Gasteiger partial charge in [-0.25, -0.2) is 14.8 Å². The van der Waals surface area contributed by atoms with Gasteiger partial charge in [-0.15, -0.1) is 0 Å². The first-order valence-electron chi connectivity index (χ1n) is 14.0. The highest BCUT2D eigenvalue weighted by Crippen LogP contribution is 2.32. The van der Waals surface area contributed by atoms with E-state index in [0.717, 1.165) is 16.5 Å². The lowest BCUT2D eigenvalue weighted by Crippen LogP contribution is -2.55. The largest absolute Gasteiger partial charge is 0.465 e. The summed E-state index contributed by atoms with van der Waals surface area (Å²) >= 11 is 6.47. The van der Waals surface area contributed by atoms with Crippen molar-refractivity contribution >= 4 is 52.0 Å². The number of aromatic nitrogens is 3. The van der Waals surface area contributed by atoms with Crippen molar-refractivity contribution in [3.05, 3.63) is 83.7 Å². The lowest BCUT2D eigenvalue weighted by atomic mass is 10.0. The maximum Gasteiger partial charge on any atom is 0.407 e. The molecule has 1 saturated heterocycles. The van der Waals surface area contributed by atoms with Crippen molar-refractivity contribution in [2.24, 2.45) is 0 Å². The Bertz CT molecular complexity index is 1690. The number of carboxylic acid groups (broad SMARTS) is 1. The Balaban J connectivity index is 1.24. The number of anilines is 2. The summed E-state index contributed by atoms with van der Waals surface area (Å²) in [6.07, 6.45) is 5.91. The molecule has 2 unspecified atom stereocenters. The summed E-state index contributed by atoms with van der Waals surface area (Å²) in [5.74, 6) is -0.322. The number of piperidine rings is 1. The normalized spacial score (nSPS) is 16.8. The van der Waals surface area contributed by atoms with Crippen molar-refractivity contribution in [1.29, 1.82) is 0 Å². The number of aromatic amines is 1. The van der Waals surface area contributed by atoms with Crippen LogP contribution in [0.4, 0.5) is 16.4 Å². The molecule has 228 valence electrons. The van der Waals surface area contributed by atoms with Crippen LogP contribution in [0.2, 0.25) is 5.02 Å². The van der Waals surface area contributed by atoms with Crippen LogP contribution in [0.3, 0.4) is 0 Å². The summed E-state index contributed by atoms with van der Waals surface area (Å²) < 4.78 is 0. The molecular formula is C31H33ClN8O4. The van der Waals surface area contributed by atoms with Gasteiger partial charge in [-0.2, -0.15) is 0 Å². The van der Waals surface area contributed by atoms with Crippen LogP contribution in [-0.4, -0.2) is 93.6 Å². The van der Waals surface area contributed by atoms with E-state index in [1.807, 2.05) is 49.5 Å². The molecule has 0 aliphatic carbocycles. The number of likely N-dealkylation sites (N-methyl/N-ethyl adjacent to an activating group) is 1. The summed E-state index contributed by atoms with van der Waals surface area (Å²) in [5.41, 5.74) is 3.24. The average Bonchev–Trinajstić information content (AvgIpc) is 3.42. The fraction of sp³-hybridized carbons (Fsp3) is 0.258. The molecule has 5 rings (SSSR count). The molecule has 4 aromatic rings. The second-order valence-corrected chi connectivity index (χ2v) is 11.2. The standard InChI is InChI=1S/C31H33ClN8O4/c1-39(2)13-5-8-27(41)35-20-11-9-19(10-12-20)29(42)36-21-14-22(18-40(17-21)31(43)44)37-30-34-16-25(32)28(38-30)24-15-33-26-7-4-3-6-23(24)26/h3-12,15-16,21-22,33H,13-14,17-18H2,1-2H3,(H,35,41)(H,36,42)(H,43,44)(H,34,37,38)/b8-5+. The number of halogens is 1. The van der Waals surface area contributed by atoms with E-state index in [0.29, 0.717) is 40.9 Å². The van der Waals surface area contributed by atoms with Gasteiger partial charge in [-0.3, -0.25) is 9.59 Å². The SMILES string of the molecule is CN(C)C/C=C/C(=O)Nc1ccc(C(=O)NC2CC(Nc3ncc(Cl)c(-c4c[nH]c5ccccc45)n3)CN(C(=O)O)C2)cc1. The van der Waals surface area contributed by atoms with Crippen molar-refractivity contribution in [3.63, 3.8) is 0 Å². The first kappa shape index (κ1) is 30.5. The molecule has 5 N–H and O–H groups in total. The Morgan fingerprint density at radius 3 is 2.61 bits per heavy atom. The van der Waals surface area contributed by atoms with Gasteiger partial charge in [-0.1, -0.05) is 35.9 Å². The van der Waals surface area contributed by atoms with Crippen molar-refractivity contribution in [3.8, 4) is 11.3 Å². The lowest BCUT2D eigenvalue weighted by Gasteiger charge is -2.36. The van der Waals surface area contributed by atoms with Gasteiger partial charge in [0.15, 0.2) is 0 Å². The molecule has 13 heteroatoms. The van der Waals surface area contributed by atoms with Gasteiger partial charge in [0.2, 0.25) is 11.9 Å². The highest BCUT2D eigenvalue weighted by atomic mass is 35.5. The highest BCUT2D eigenvalue weighted by Gasteiger charge is 2.31. The maximum atomic E-state index is 13.1. The van der Waals surface area contributed by atoms with Gasteiger partial charge in [-0.05, 0) is 50.8 Å². The van der Waals surface area contributed by atoms with E-state index in [2.05, 4.69) is 30.9 Å². The van der Waals surface area contributed by atoms with Crippen LogP contribution < -0.4 is 16.0 Å². The van der Waals surface area contributed by atoms with Crippen LogP contribution in [0.5, 0.6) is 0 Å².